The van der Waals surface area contributed by atoms with Crippen molar-refractivity contribution in [2.24, 2.45) is 23.9 Å². The van der Waals surface area contributed by atoms with Gasteiger partial charge in [0.2, 0.25) is 0 Å². The summed E-state index contributed by atoms with van der Waals surface area (Å²) in [5.74, 6) is 0.610. The number of benzene rings is 1. The summed E-state index contributed by atoms with van der Waals surface area (Å²) in [6, 6.07) is 9.33. The predicted octanol–water partition coefficient (Wildman–Crippen LogP) is 1.72. The number of oxime groups is 1. The zero-order chi connectivity index (χ0) is 31.4. The zero-order valence-electron chi connectivity index (χ0n) is 24.5. The van der Waals surface area contributed by atoms with Crippen molar-refractivity contribution in [3.8, 4) is 16.9 Å². The van der Waals surface area contributed by atoms with Gasteiger partial charge in [-0.1, -0.05) is 17.3 Å². The number of aryl methyl sites for hydroxylation is 1. The van der Waals surface area contributed by atoms with E-state index in [1.54, 1.807) is 19.2 Å². The molecule has 0 radical (unpaired) electrons. The Morgan fingerprint density at radius 2 is 2.14 bits per heavy atom. The van der Waals surface area contributed by atoms with E-state index in [-0.39, 0.29) is 41.4 Å². The smallest absolute Gasteiger partial charge is 0.276 e. The number of amides is 2. The fourth-order valence-electron chi connectivity index (χ4n) is 5.05. The van der Waals surface area contributed by atoms with Crippen LogP contribution in [0.3, 0.4) is 0 Å². The number of β-lactam (4-membered cyclic amide) rings is 1. The number of nitrogens with zero attached hydrogens (tertiary/aromatic N) is 4. The Kier molecular flexibility index (Phi) is 9.55. The maximum Gasteiger partial charge on any atom is 0.276 e. The third-order valence-corrected chi connectivity index (χ3v) is 8.36. The summed E-state index contributed by atoms with van der Waals surface area (Å²) in [6.45, 7) is 5.23. The fraction of sp³-hybridized carbons (Fsp3) is 0.393. The molecule has 0 aliphatic carbocycles. The highest BCUT2D eigenvalue weighted by molar-refractivity contribution is 7.88. The van der Waals surface area contributed by atoms with Gasteiger partial charge in [-0.15, -0.1) is 11.3 Å². The van der Waals surface area contributed by atoms with Crippen molar-refractivity contribution >= 4 is 52.1 Å². The summed E-state index contributed by atoms with van der Waals surface area (Å²) in [4.78, 5) is 35.5. The Balaban J connectivity index is 1.23. The van der Waals surface area contributed by atoms with Crippen LogP contribution in [-0.2, 0) is 32.2 Å². The second-order valence-corrected chi connectivity index (χ2v) is 12.2. The Bertz CT molecular complexity index is 1560. The first-order chi connectivity index (χ1) is 21.1. The van der Waals surface area contributed by atoms with E-state index in [9.17, 15) is 9.59 Å². The molecule has 0 spiro atoms. The third-order valence-electron chi connectivity index (χ3n) is 7.47. The molecule has 2 aliphatic heterocycles. The minimum absolute atomic E-state index is 0.0125. The molecule has 2 amide bonds. The maximum absolute atomic E-state index is 13.2. The van der Waals surface area contributed by atoms with Gasteiger partial charge < -0.3 is 30.9 Å². The standard InChI is InChI=1S/C28H34N8O6S2/c1-28(2)24(26(38)36(28)42-44-39)33-25(37)23(20-15-43-27(30)32-20)34-41-14-16-10-18-5-4-17(11-21(18)40-13-16)19-6-7-22(31-9-8-29)35(3)12-19/h4-7,11-12,15-16,24H,8-10,13-14,29H2,1-3H3,(H4,30,32,33,37,39)/p+1/b34-23-/t16?,24-/m1/s1. The lowest BCUT2D eigenvalue weighted by Gasteiger charge is -2.50. The molecule has 2 atom stereocenters. The maximum atomic E-state index is 13.2. The number of nitrogens with one attached hydrogen (secondary N) is 2. The lowest BCUT2D eigenvalue weighted by molar-refractivity contribution is -0.656. The average Bonchev–Trinajstić information content (AvgIpc) is 3.45. The van der Waals surface area contributed by atoms with Gasteiger partial charge in [0, 0.05) is 29.5 Å². The van der Waals surface area contributed by atoms with Crippen LogP contribution in [0.5, 0.6) is 5.75 Å². The van der Waals surface area contributed by atoms with Crippen molar-refractivity contribution in [3.63, 3.8) is 0 Å². The summed E-state index contributed by atoms with van der Waals surface area (Å²) in [5, 5.41) is 12.9. The van der Waals surface area contributed by atoms with Crippen LogP contribution in [-0.4, -0.2) is 70.0 Å². The number of thiazole rings is 1. The number of aromatic nitrogens is 2. The first-order valence-corrected chi connectivity index (χ1v) is 15.4. The van der Waals surface area contributed by atoms with Crippen molar-refractivity contribution < 1.29 is 32.6 Å². The minimum atomic E-state index is -0.912. The summed E-state index contributed by atoms with van der Waals surface area (Å²) in [7, 11) is 1.98. The quantitative estimate of drug-likeness (QED) is 0.0635. The SMILES string of the molecule is C[n+]1cc(-c2ccc3c(c2)OCC(CO/N=C(\C(=O)N[C@@H]2C(=O)N(OSO)C2(C)C)c2csc(N)n2)C3)ccc1NCCN. The van der Waals surface area contributed by atoms with E-state index in [0.717, 1.165) is 44.7 Å². The second kappa shape index (κ2) is 13.4. The monoisotopic (exact) mass is 643 g/mol. The van der Waals surface area contributed by atoms with E-state index in [0.29, 0.717) is 26.1 Å². The Morgan fingerprint density at radius 3 is 2.82 bits per heavy atom. The molecule has 16 heteroatoms. The molecule has 7 N–H and O–H groups in total. The summed E-state index contributed by atoms with van der Waals surface area (Å²) >= 11 is 1.20. The Hall–Kier alpha value is -3.96. The van der Waals surface area contributed by atoms with Crippen LogP contribution in [0, 0.1) is 5.92 Å². The van der Waals surface area contributed by atoms with Crippen molar-refractivity contribution in [2.45, 2.75) is 31.8 Å². The van der Waals surface area contributed by atoms with E-state index in [4.69, 9.17) is 29.9 Å². The summed E-state index contributed by atoms with van der Waals surface area (Å²) in [6.07, 6.45) is 2.76. The number of hydrogen-bond donors (Lipinski definition) is 5. The lowest BCUT2D eigenvalue weighted by atomic mass is 9.84. The number of hydroxylamine groups is 2. The number of hydrogen-bond acceptors (Lipinski definition) is 13. The molecule has 0 saturated carbocycles. The van der Waals surface area contributed by atoms with Crippen LogP contribution in [0.25, 0.3) is 11.1 Å². The molecule has 5 rings (SSSR count). The molecule has 1 aromatic carbocycles. The molecule has 2 aromatic heterocycles. The van der Waals surface area contributed by atoms with Gasteiger partial charge in [-0.3, -0.25) is 14.9 Å². The summed E-state index contributed by atoms with van der Waals surface area (Å²) < 4.78 is 22.0. The largest absolute Gasteiger partial charge is 0.493 e. The second-order valence-electron chi connectivity index (χ2n) is 11.0. The average molecular weight is 644 g/mol. The van der Waals surface area contributed by atoms with E-state index < -0.39 is 23.4 Å². The minimum Gasteiger partial charge on any atom is -0.493 e. The molecule has 234 valence electrons. The van der Waals surface area contributed by atoms with Crippen LogP contribution < -0.4 is 31.4 Å². The van der Waals surface area contributed by atoms with Crippen LogP contribution in [0.1, 0.15) is 25.1 Å². The molecule has 4 heterocycles. The van der Waals surface area contributed by atoms with Gasteiger partial charge in [-0.2, -0.15) is 9.35 Å². The van der Waals surface area contributed by atoms with Gasteiger partial charge in [-0.05, 0) is 43.5 Å². The molecule has 3 aromatic rings. The van der Waals surface area contributed by atoms with Crippen LogP contribution in [0.2, 0.25) is 0 Å². The Labute approximate surface area is 262 Å². The van der Waals surface area contributed by atoms with E-state index in [1.165, 1.54) is 0 Å². The number of fused-ring (bicyclic) bond motifs is 1. The molecule has 2 aliphatic rings. The number of pyridine rings is 1. The zero-order valence-corrected chi connectivity index (χ0v) is 26.1. The van der Waals surface area contributed by atoms with Gasteiger partial charge in [0.05, 0.1) is 31.9 Å². The summed E-state index contributed by atoms with van der Waals surface area (Å²) in [5.41, 5.74) is 13.7. The van der Waals surface area contributed by atoms with Crippen molar-refractivity contribution in [2.75, 3.05) is 37.4 Å². The van der Waals surface area contributed by atoms with Gasteiger partial charge in [-0.25, -0.2) is 9.55 Å². The molecular formula is C28H35N8O6S2+. The number of nitrogen functional groups attached to an aromatic ring is 1. The van der Waals surface area contributed by atoms with Crippen LogP contribution >= 0.6 is 23.7 Å². The van der Waals surface area contributed by atoms with Crippen molar-refractivity contribution in [1.29, 1.82) is 0 Å². The molecule has 1 unspecified atom stereocenters. The van der Waals surface area contributed by atoms with Gasteiger partial charge in [0.15, 0.2) is 23.2 Å². The highest BCUT2D eigenvalue weighted by atomic mass is 32.2. The lowest BCUT2D eigenvalue weighted by Crippen LogP contribution is -2.76. The van der Waals surface area contributed by atoms with Gasteiger partial charge >= 0.3 is 0 Å². The number of nitrogens with two attached hydrogens (primary N) is 2. The highest BCUT2D eigenvalue weighted by Gasteiger charge is 2.57. The van der Waals surface area contributed by atoms with Crippen LogP contribution in [0.15, 0.2) is 47.1 Å². The first-order valence-electron chi connectivity index (χ1n) is 13.9. The molecule has 44 heavy (non-hydrogen) atoms. The number of anilines is 2. The van der Waals surface area contributed by atoms with E-state index in [2.05, 4.69) is 45.2 Å². The molecule has 1 fully saturated rings. The third kappa shape index (κ3) is 6.58. The fourth-order valence-corrected chi connectivity index (χ4v) is 5.93. The molecule has 0 bridgehead atoms. The Morgan fingerprint density at radius 1 is 1.34 bits per heavy atom. The van der Waals surface area contributed by atoms with Gasteiger partial charge in [0.25, 0.3) is 17.6 Å². The predicted molar refractivity (Wildman–Crippen MR) is 166 cm³/mol. The van der Waals surface area contributed by atoms with Gasteiger partial charge in [0.1, 0.15) is 24.1 Å². The molecular weight excluding hydrogens is 608 g/mol. The molecule has 14 nitrogen and oxygen atoms in total. The van der Waals surface area contributed by atoms with Crippen molar-refractivity contribution in [1.82, 2.24) is 15.4 Å². The normalized spacial score (nSPS) is 19.1. The number of carbonyl (C=O) groups is 2. The van der Waals surface area contributed by atoms with Crippen molar-refractivity contribution in [3.05, 3.63) is 53.2 Å². The van der Waals surface area contributed by atoms with Crippen LogP contribution in [0.4, 0.5) is 10.9 Å². The molecule has 1 saturated heterocycles. The highest BCUT2D eigenvalue weighted by Crippen LogP contribution is 2.34. The number of ether oxygens (including phenoxy) is 1. The topological polar surface area (TPSA) is 191 Å². The van der Waals surface area contributed by atoms with E-state index in [1.807, 2.05) is 23.7 Å². The number of rotatable bonds is 12. The van der Waals surface area contributed by atoms with E-state index >= 15 is 0 Å². The first kappa shape index (κ1) is 31.5. The number of carbonyl (C=O) groups excluding carboxylic acids is 2.